The second kappa shape index (κ2) is 8.64. The maximum atomic E-state index is 12.9. The lowest BCUT2D eigenvalue weighted by atomic mass is 10.1. The minimum absolute atomic E-state index is 0.0566. The summed E-state index contributed by atoms with van der Waals surface area (Å²) in [6.07, 6.45) is -3.14. The molecule has 3 rings (SSSR count). The van der Waals surface area contributed by atoms with Crippen LogP contribution in [0.25, 0.3) is 0 Å². The zero-order valence-corrected chi connectivity index (χ0v) is 15.7. The fourth-order valence-electron chi connectivity index (χ4n) is 3.02. The Balaban J connectivity index is 1.73. The molecule has 2 heterocycles. The average molecular weight is 411 g/mol. The van der Waals surface area contributed by atoms with Crippen molar-refractivity contribution in [3.8, 4) is 0 Å². The Bertz CT molecular complexity index is 858. The zero-order valence-electron chi connectivity index (χ0n) is 15.7. The SMILES string of the molecule is Cc1cc(NC(=O)CN(C[C@H]2CCCO2)C(=O)c2ccc(C(F)(F)F)cc2)no1. The topological polar surface area (TPSA) is 84.7 Å². The third kappa shape index (κ3) is 5.57. The summed E-state index contributed by atoms with van der Waals surface area (Å²) in [5, 5.41) is 6.19. The van der Waals surface area contributed by atoms with Crippen molar-refractivity contribution in [3.63, 3.8) is 0 Å². The number of nitrogens with zero attached hydrogens (tertiary/aromatic N) is 2. The summed E-state index contributed by atoms with van der Waals surface area (Å²) in [6, 6.07) is 5.42. The molecule has 156 valence electrons. The van der Waals surface area contributed by atoms with Gasteiger partial charge in [-0.3, -0.25) is 9.59 Å². The summed E-state index contributed by atoms with van der Waals surface area (Å²) >= 11 is 0. The van der Waals surface area contributed by atoms with Crippen LogP contribution in [0.5, 0.6) is 0 Å². The van der Waals surface area contributed by atoms with Crippen LogP contribution in [0, 0.1) is 6.92 Å². The summed E-state index contributed by atoms with van der Waals surface area (Å²) in [7, 11) is 0. The molecule has 1 atom stereocenters. The quantitative estimate of drug-likeness (QED) is 0.789. The number of halogens is 3. The number of rotatable bonds is 6. The number of carbonyl (C=O) groups excluding carboxylic acids is 2. The molecule has 7 nitrogen and oxygen atoms in total. The van der Waals surface area contributed by atoms with Crippen molar-refractivity contribution < 1.29 is 32.0 Å². The lowest BCUT2D eigenvalue weighted by molar-refractivity contribution is -0.137. The summed E-state index contributed by atoms with van der Waals surface area (Å²) < 4.78 is 48.7. The number of amides is 2. The van der Waals surface area contributed by atoms with Gasteiger partial charge in [-0.25, -0.2) is 0 Å². The van der Waals surface area contributed by atoms with Crippen LogP contribution in [0.3, 0.4) is 0 Å². The van der Waals surface area contributed by atoms with Crippen molar-refractivity contribution in [1.29, 1.82) is 0 Å². The molecule has 0 saturated carbocycles. The first-order valence-corrected chi connectivity index (χ1v) is 9.03. The fourth-order valence-corrected chi connectivity index (χ4v) is 3.02. The molecule has 2 aromatic rings. The number of alkyl halides is 3. The molecule has 1 aromatic carbocycles. The van der Waals surface area contributed by atoms with E-state index in [4.69, 9.17) is 9.26 Å². The van der Waals surface area contributed by atoms with Gasteiger partial charge in [0.15, 0.2) is 5.82 Å². The van der Waals surface area contributed by atoms with Gasteiger partial charge in [-0.2, -0.15) is 13.2 Å². The molecule has 1 N–H and O–H groups in total. The predicted molar refractivity (Wildman–Crippen MR) is 96.2 cm³/mol. The van der Waals surface area contributed by atoms with E-state index in [1.807, 2.05) is 0 Å². The third-order valence-corrected chi connectivity index (χ3v) is 4.42. The summed E-state index contributed by atoms with van der Waals surface area (Å²) in [4.78, 5) is 26.5. The number of carbonyl (C=O) groups is 2. The van der Waals surface area contributed by atoms with E-state index in [1.165, 1.54) is 11.0 Å². The van der Waals surface area contributed by atoms with Gasteiger partial charge in [0, 0.05) is 24.8 Å². The zero-order chi connectivity index (χ0) is 21.0. The first-order chi connectivity index (χ1) is 13.7. The van der Waals surface area contributed by atoms with Crippen LogP contribution in [0.1, 0.15) is 34.5 Å². The van der Waals surface area contributed by atoms with Gasteiger partial charge >= 0.3 is 6.18 Å². The molecule has 1 aliphatic heterocycles. The molecule has 0 spiro atoms. The summed E-state index contributed by atoms with van der Waals surface area (Å²) in [6.45, 7) is 2.09. The van der Waals surface area contributed by atoms with Gasteiger partial charge in [-0.15, -0.1) is 0 Å². The van der Waals surface area contributed by atoms with Gasteiger partial charge in [0.1, 0.15) is 12.3 Å². The predicted octanol–water partition coefficient (Wildman–Crippen LogP) is 3.26. The normalized spacial score (nSPS) is 16.6. The van der Waals surface area contributed by atoms with Crippen molar-refractivity contribution >= 4 is 17.6 Å². The number of hydrogen-bond acceptors (Lipinski definition) is 5. The van der Waals surface area contributed by atoms with Crippen molar-refractivity contribution in [3.05, 3.63) is 47.2 Å². The molecule has 1 aromatic heterocycles. The maximum absolute atomic E-state index is 12.9. The first kappa shape index (κ1) is 20.8. The molecular weight excluding hydrogens is 391 g/mol. The fraction of sp³-hybridized carbons (Fsp3) is 0.421. The van der Waals surface area contributed by atoms with Gasteiger partial charge in [-0.05, 0) is 44.0 Å². The van der Waals surface area contributed by atoms with E-state index in [1.54, 1.807) is 6.92 Å². The number of benzene rings is 1. The Morgan fingerprint density at radius 2 is 2.00 bits per heavy atom. The van der Waals surface area contributed by atoms with E-state index in [9.17, 15) is 22.8 Å². The van der Waals surface area contributed by atoms with Gasteiger partial charge < -0.3 is 19.5 Å². The van der Waals surface area contributed by atoms with Crippen molar-refractivity contribution in [2.75, 3.05) is 25.0 Å². The second-order valence-corrected chi connectivity index (χ2v) is 6.77. The Kier molecular flexibility index (Phi) is 6.21. The minimum Gasteiger partial charge on any atom is -0.376 e. The lowest BCUT2D eigenvalue weighted by Gasteiger charge is -2.25. The third-order valence-electron chi connectivity index (χ3n) is 4.42. The first-order valence-electron chi connectivity index (χ1n) is 9.03. The molecule has 0 bridgehead atoms. The Morgan fingerprint density at radius 3 is 2.55 bits per heavy atom. The van der Waals surface area contributed by atoms with Crippen LogP contribution in [0.2, 0.25) is 0 Å². The van der Waals surface area contributed by atoms with E-state index >= 15 is 0 Å². The van der Waals surface area contributed by atoms with Crippen LogP contribution in [0.4, 0.5) is 19.0 Å². The van der Waals surface area contributed by atoms with Gasteiger partial charge in [0.2, 0.25) is 5.91 Å². The van der Waals surface area contributed by atoms with E-state index in [0.29, 0.717) is 12.4 Å². The number of nitrogens with one attached hydrogen (secondary N) is 1. The highest BCUT2D eigenvalue weighted by Crippen LogP contribution is 2.29. The Hall–Kier alpha value is -2.88. The van der Waals surface area contributed by atoms with E-state index in [2.05, 4.69) is 10.5 Å². The van der Waals surface area contributed by atoms with Gasteiger partial charge in [-0.1, -0.05) is 5.16 Å². The summed E-state index contributed by atoms with van der Waals surface area (Å²) in [5.74, 6) is -0.332. The molecule has 0 unspecified atom stereocenters. The molecule has 1 saturated heterocycles. The number of hydrogen-bond donors (Lipinski definition) is 1. The number of ether oxygens (including phenoxy) is 1. The monoisotopic (exact) mass is 411 g/mol. The standard InChI is InChI=1S/C19H20F3N3O4/c1-12-9-16(24-29-12)23-17(26)11-25(10-15-3-2-8-28-15)18(27)13-4-6-14(7-5-13)19(20,21)22/h4-7,9,15H,2-3,8,10-11H2,1H3,(H,23,24,26)/t15-/m1/s1. The highest BCUT2D eigenvalue weighted by Gasteiger charge is 2.31. The van der Waals surface area contributed by atoms with Crippen molar-refractivity contribution in [1.82, 2.24) is 10.1 Å². The molecule has 29 heavy (non-hydrogen) atoms. The van der Waals surface area contributed by atoms with Crippen LogP contribution in [0.15, 0.2) is 34.9 Å². The van der Waals surface area contributed by atoms with E-state index in [0.717, 1.165) is 37.1 Å². The average Bonchev–Trinajstić information content (AvgIpc) is 3.31. The van der Waals surface area contributed by atoms with Crippen LogP contribution >= 0.6 is 0 Å². The Labute approximate surface area is 164 Å². The summed E-state index contributed by atoms with van der Waals surface area (Å²) in [5.41, 5.74) is -0.792. The van der Waals surface area contributed by atoms with Gasteiger partial charge in [0.05, 0.1) is 11.7 Å². The Morgan fingerprint density at radius 1 is 1.28 bits per heavy atom. The highest BCUT2D eigenvalue weighted by molar-refractivity contribution is 5.99. The minimum atomic E-state index is -4.49. The maximum Gasteiger partial charge on any atom is 0.416 e. The van der Waals surface area contributed by atoms with Gasteiger partial charge in [0.25, 0.3) is 5.91 Å². The molecule has 10 heteroatoms. The van der Waals surface area contributed by atoms with Crippen LogP contribution < -0.4 is 5.32 Å². The van der Waals surface area contributed by atoms with Crippen LogP contribution in [-0.4, -0.2) is 47.7 Å². The second-order valence-electron chi connectivity index (χ2n) is 6.77. The largest absolute Gasteiger partial charge is 0.416 e. The number of aryl methyl sites for hydroxylation is 1. The van der Waals surface area contributed by atoms with E-state index in [-0.39, 0.29) is 30.6 Å². The van der Waals surface area contributed by atoms with E-state index < -0.39 is 23.6 Å². The number of anilines is 1. The molecule has 1 aliphatic rings. The highest BCUT2D eigenvalue weighted by atomic mass is 19.4. The molecule has 0 aliphatic carbocycles. The number of aromatic nitrogens is 1. The van der Waals surface area contributed by atoms with Crippen molar-refractivity contribution in [2.45, 2.75) is 32.0 Å². The molecular formula is C19H20F3N3O4. The molecule has 2 amide bonds. The lowest BCUT2D eigenvalue weighted by Crippen LogP contribution is -2.42. The van der Waals surface area contributed by atoms with Crippen LogP contribution in [-0.2, 0) is 15.7 Å². The smallest absolute Gasteiger partial charge is 0.376 e. The van der Waals surface area contributed by atoms with Crippen molar-refractivity contribution in [2.24, 2.45) is 0 Å². The molecule has 0 radical (unpaired) electrons. The molecule has 1 fully saturated rings.